The van der Waals surface area contributed by atoms with E-state index in [2.05, 4.69) is 9.88 Å². The Bertz CT molecular complexity index is 793. The number of hydrogen-bond donors (Lipinski definition) is 0. The van der Waals surface area contributed by atoms with Gasteiger partial charge in [-0.15, -0.1) is 0 Å². The molecule has 5 nitrogen and oxygen atoms in total. The first-order chi connectivity index (χ1) is 12.5. The van der Waals surface area contributed by atoms with Crippen LogP contribution in [0.5, 0.6) is 0 Å². The minimum absolute atomic E-state index is 0.0647. The fourth-order valence-corrected chi connectivity index (χ4v) is 5.00. The van der Waals surface area contributed by atoms with Gasteiger partial charge in [0.2, 0.25) is 5.91 Å². The highest BCUT2D eigenvalue weighted by molar-refractivity contribution is 7.22. The largest absolute Gasteiger partial charge is 0.372 e. The van der Waals surface area contributed by atoms with E-state index in [0.29, 0.717) is 18.6 Å². The van der Waals surface area contributed by atoms with E-state index < -0.39 is 0 Å². The average Bonchev–Trinajstić information content (AvgIpc) is 3.06. The van der Waals surface area contributed by atoms with E-state index >= 15 is 0 Å². The highest BCUT2D eigenvalue weighted by atomic mass is 32.1. The first kappa shape index (κ1) is 17.7. The van der Waals surface area contributed by atoms with E-state index in [1.54, 1.807) is 6.07 Å². The number of piperidine rings is 1. The zero-order chi connectivity index (χ0) is 18.3. The summed E-state index contributed by atoms with van der Waals surface area (Å²) in [5.41, 5.74) is 0.446. The smallest absolute Gasteiger partial charge is 0.225 e. The summed E-state index contributed by atoms with van der Waals surface area (Å²) in [5, 5.41) is 0.851. The molecule has 2 aliphatic heterocycles. The maximum Gasteiger partial charge on any atom is 0.225 e. The maximum absolute atomic E-state index is 13.9. The standard InChI is InChI=1S/C19H24FN3O2S/c1-12-10-23(11-13(2)25-12)18(24)14-6-8-22(9-7-14)19-21-17-15(20)4-3-5-16(17)26-19/h3-5,12-14H,6-11H2,1-2H3. The van der Waals surface area contributed by atoms with Crippen molar-refractivity contribution in [1.29, 1.82) is 0 Å². The number of thiazole rings is 1. The molecule has 7 heteroatoms. The fraction of sp³-hybridized carbons (Fsp3) is 0.579. The summed E-state index contributed by atoms with van der Waals surface area (Å²) in [4.78, 5) is 21.5. The molecule has 0 N–H and O–H groups in total. The molecule has 2 unspecified atom stereocenters. The Morgan fingerprint density at radius 2 is 1.92 bits per heavy atom. The van der Waals surface area contributed by atoms with E-state index in [0.717, 1.165) is 35.8 Å². The van der Waals surface area contributed by atoms with E-state index in [4.69, 9.17) is 4.74 Å². The number of nitrogens with zero attached hydrogens (tertiary/aromatic N) is 3. The lowest BCUT2D eigenvalue weighted by atomic mass is 9.95. The molecule has 0 bridgehead atoms. The first-order valence-corrected chi connectivity index (χ1v) is 10.1. The molecule has 0 spiro atoms. The van der Waals surface area contributed by atoms with Gasteiger partial charge in [0, 0.05) is 32.1 Å². The summed E-state index contributed by atoms with van der Waals surface area (Å²) in [6, 6.07) is 5.06. The Morgan fingerprint density at radius 3 is 2.58 bits per heavy atom. The van der Waals surface area contributed by atoms with E-state index in [-0.39, 0.29) is 29.9 Å². The van der Waals surface area contributed by atoms with Gasteiger partial charge in [-0.1, -0.05) is 17.4 Å². The quantitative estimate of drug-likeness (QED) is 0.806. The summed E-state index contributed by atoms with van der Waals surface area (Å²) in [5.74, 6) is 0.0440. The summed E-state index contributed by atoms with van der Waals surface area (Å²) < 4.78 is 20.5. The van der Waals surface area contributed by atoms with Crippen LogP contribution in [0.2, 0.25) is 0 Å². The molecule has 3 heterocycles. The number of aromatic nitrogens is 1. The van der Waals surface area contributed by atoms with Gasteiger partial charge in [-0.2, -0.15) is 0 Å². The van der Waals surface area contributed by atoms with Gasteiger partial charge in [0.1, 0.15) is 11.3 Å². The Morgan fingerprint density at radius 1 is 1.23 bits per heavy atom. The Labute approximate surface area is 156 Å². The van der Waals surface area contributed by atoms with Crippen molar-refractivity contribution in [2.24, 2.45) is 5.92 Å². The molecule has 26 heavy (non-hydrogen) atoms. The zero-order valence-corrected chi connectivity index (χ0v) is 16.0. The van der Waals surface area contributed by atoms with E-state index in [1.807, 2.05) is 24.8 Å². The number of carbonyl (C=O) groups is 1. The molecular weight excluding hydrogens is 353 g/mol. The number of fused-ring (bicyclic) bond motifs is 1. The van der Waals surface area contributed by atoms with Crippen LogP contribution in [0.3, 0.4) is 0 Å². The van der Waals surface area contributed by atoms with Crippen molar-refractivity contribution in [2.75, 3.05) is 31.1 Å². The number of benzene rings is 1. The number of hydrogen-bond acceptors (Lipinski definition) is 5. The molecular formula is C19H24FN3O2S. The van der Waals surface area contributed by atoms with Gasteiger partial charge in [0.05, 0.1) is 16.9 Å². The van der Waals surface area contributed by atoms with Crippen LogP contribution in [-0.2, 0) is 9.53 Å². The van der Waals surface area contributed by atoms with Crippen molar-refractivity contribution in [1.82, 2.24) is 9.88 Å². The van der Waals surface area contributed by atoms with E-state index in [9.17, 15) is 9.18 Å². The Hall–Kier alpha value is -1.73. The van der Waals surface area contributed by atoms with Crippen molar-refractivity contribution in [3.8, 4) is 0 Å². The van der Waals surface area contributed by atoms with Crippen LogP contribution in [0.25, 0.3) is 10.2 Å². The molecule has 1 amide bonds. The summed E-state index contributed by atoms with van der Waals surface area (Å²) in [7, 11) is 0. The van der Waals surface area contributed by atoms with Crippen molar-refractivity contribution >= 4 is 32.6 Å². The molecule has 2 aromatic rings. The topological polar surface area (TPSA) is 45.7 Å². The Kier molecular flexibility index (Phi) is 4.84. The molecule has 1 aromatic heterocycles. The predicted molar refractivity (Wildman–Crippen MR) is 101 cm³/mol. The van der Waals surface area contributed by atoms with Gasteiger partial charge < -0.3 is 14.5 Å². The minimum Gasteiger partial charge on any atom is -0.372 e. The second-order valence-corrected chi connectivity index (χ2v) is 8.35. The van der Waals surface area contributed by atoms with Gasteiger partial charge in [-0.25, -0.2) is 9.37 Å². The van der Waals surface area contributed by atoms with Gasteiger partial charge in [0.15, 0.2) is 5.13 Å². The number of para-hydroxylation sites is 1. The lowest BCUT2D eigenvalue weighted by molar-refractivity contribution is -0.148. The monoisotopic (exact) mass is 377 g/mol. The molecule has 0 aliphatic carbocycles. The summed E-state index contributed by atoms with van der Waals surface area (Å²) >= 11 is 1.52. The molecule has 2 atom stereocenters. The third-order valence-electron chi connectivity index (χ3n) is 5.20. The lowest BCUT2D eigenvalue weighted by Gasteiger charge is -2.39. The van der Waals surface area contributed by atoms with Crippen LogP contribution in [0.1, 0.15) is 26.7 Å². The molecule has 4 rings (SSSR count). The van der Waals surface area contributed by atoms with Crippen LogP contribution in [0.4, 0.5) is 9.52 Å². The predicted octanol–water partition coefficient (Wildman–Crippen LogP) is 3.29. The van der Waals surface area contributed by atoms with Crippen LogP contribution >= 0.6 is 11.3 Å². The minimum atomic E-state index is -0.273. The summed E-state index contributed by atoms with van der Waals surface area (Å²) in [6.45, 7) is 6.97. The highest BCUT2D eigenvalue weighted by Crippen LogP contribution is 2.33. The van der Waals surface area contributed by atoms with Gasteiger partial charge in [-0.3, -0.25) is 4.79 Å². The SMILES string of the molecule is CC1CN(C(=O)C2CCN(c3nc4c(F)cccc4s3)CC2)CC(C)O1. The van der Waals surface area contributed by atoms with Crippen LogP contribution in [-0.4, -0.2) is 54.2 Å². The lowest BCUT2D eigenvalue weighted by Crippen LogP contribution is -2.51. The van der Waals surface area contributed by atoms with Crippen molar-refractivity contribution in [3.63, 3.8) is 0 Å². The number of amides is 1. The fourth-order valence-electron chi connectivity index (χ4n) is 3.97. The maximum atomic E-state index is 13.9. The molecule has 1 aromatic carbocycles. The Balaban J connectivity index is 1.40. The number of ether oxygens (including phenoxy) is 1. The molecule has 2 fully saturated rings. The third-order valence-corrected chi connectivity index (χ3v) is 6.29. The number of halogens is 1. The van der Waals surface area contributed by atoms with Crippen LogP contribution in [0.15, 0.2) is 18.2 Å². The van der Waals surface area contributed by atoms with Crippen molar-refractivity contribution in [3.05, 3.63) is 24.0 Å². The average molecular weight is 377 g/mol. The molecule has 0 saturated carbocycles. The van der Waals surface area contributed by atoms with Crippen LogP contribution in [0, 0.1) is 11.7 Å². The number of carbonyl (C=O) groups excluding carboxylic acids is 1. The number of anilines is 1. The van der Waals surface area contributed by atoms with Crippen molar-refractivity contribution < 1.29 is 13.9 Å². The second kappa shape index (κ2) is 7.12. The van der Waals surface area contributed by atoms with Gasteiger partial charge >= 0.3 is 0 Å². The first-order valence-electron chi connectivity index (χ1n) is 9.25. The van der Waals surface area contributed by atoms with Crippen molar-refractivity contribution in [2.45, 2.75) is 38.9 Å². The number of morpholine rings is 1. The highest BCUT2D eigenvalue weighted by Gasteiger charge is 2.33. The molecule has 2 saturated heterocycles. The molecule has 0 radical (unpaired) electrons. The van der Waals surface area contributed by atoms with E-state index in [1.165, 1.54) is 17.4 Å². The van der Waals surface area contributed by atoms with Gasteiger partial charge in [0.25, 0.3) is 0 Å². The molecule has 2 aliphatic rings. The second-order valence-electron chi connectivity index (χ2n) is 7.34. The number of rotatable bonds is 2. The van der Waals surface area contributed by atoms with Gasteiger partial charge in [-0.05, 0) is 38.8 Å². The third kappa shape index (κ3) is 3.42. The molecule has 140 valence electrons. The van der Waals surface area contributed by atoms with Crippen LogP contribution < -0.4 is 4.90 Å². The zero-order valence-electron chi connectivity index (χ0n) is 15.2. The summed E-state index contributed by atoms with van der Waals surface area (Å²) in [6.07, 6.45) is 1.83. The normalized spacial score (nSPS) is 25.0.